The van der Waals surface area contributed by atoms with Crippen molar-refractivity contribution in [3.05, 3.63) is 23.2 Å². The number of fused-ring (bicyclic) bond motifs is 1. The fourth-order valence-electron chi connectivity index (χ4n) is 2.44. The van der Waals surface area contributed by atoms with Gasteiger partial charge in [0, 0.05) is 36.8 Å². The van der Waals surface area contributed by atoms with Crippen LogP contribution in [0.15, 0.2) is 10.6 Å². The van der Waals surface area contributed by atoms with Gasteiger partial charge in [0.15, 0.2) is 5.69 Å². The molecule has 1 aliphatic rings. The normalized spacial score (nSPS) is 15.1. The maximum atomic E-state index is 5.61. The van der Waals surface area contributed by atoms with Crippen LogP contribution in [0.1, 0.15) is 36.9 Å². The minimum Gasteiger partial charge on any atom is -0.440 e. The highest BCUT2D eigenvalue weighted by molar-refractivity contribution is 5.55. The number of nitrogens with zero attached hydrogens (tertiary/aromatic N) is 3. The zero-order chi connectivity index (χ0) is 12.7. The molecule has 0 unspecified atom stereocenters. The van der Waals surface area contributed by atoms with E-state index < -0.39 is 0 Å². The summed E-state index contributed by atoms with van der Waals surface area (Å²) in [5.74, 6) is 1.45. The molecule has 0 amide bonds. The van der Waals surface area contributed by atoms with Crippen molar-refractivity contribution >= 4 is 0 Å². The fourth-order valence-corrected chi connectivity index (χ4v) is 2.44. The average molecular weight is 246 g/mol. The van der Waals surface area contributed by atoms with Gasteiger partial charge in [-0.3, -0.25) is 4.68 Å². The molecule has 5 heteroatoms. The average Bonchev–Trinajstić information content (AvgIpc) is 2.92. The van der Waals surface area contributed by atoms with Gasteiger partial charge in [-0.15, -0.1) is 0 Å². The molecule has 1 aliphatic heterocycles. The number of aryl methyl sites for hydroxylation is 1. The summed E-state index contributed by atoms with van der Waals surface area (Å²) in [6.07, 6.45) is 2.76. The Balaban J connectivity index is 2.15. The third-order valence-electron chi connectivity index (χ3n) is 3.27. The second-order valence-corrected chi connectivity index (χ2v) is 5.02. The number of nitrogens with one attached hydrogen (secondary N) is 1. The molecule has 96 valence electrons. The Bertz CT molecular complexity index is 568. The monoisotopic (exact) mass is 246 g/mol. The van der Waals surface area contributed by atoms with E-state index in [2.05, 4.69) is 28.8 Å². The molecule has 3 heterocycles. The smallest absolute Gasteiger partial charge is 0.247 e. The van der Waals surface area contributed by atoms with Crippen LogP contribution in [0.4, 0.5) is 0 Å². The largest absolute Gasteiger partial charge is 0.440 e. The number of aromatic nitrogens is 3. The molecule has 0 radical (unpaired) electrons. The van der Waals surface area contributed by atoms with E-state index in [9.17, 15) is 0 Å². The maximum absolute atomic E-state index is 5.61. The van der Waals surface area contributed by atoms with Gasteiger partial charge in [-0.25, -0.2) is 4.98 Å². The van der Waals surface area contributed by atoms with Gasteiger partial charge >= 0.3 is 0 Å². The third-order valence-corrected chi connectivity index (χ3v) is 3.27. The summed E-state index contributed by atoms with van der Waals surface area (Å²) in [7, 11) is 0. The van der Waals surface area contributed by atoms with Gasteiger partial charge in [-0.05, 0) is 20.8 Å². The van der Waals surface area contributed by atoms with E-state index in [0.717, 1.165) is 31.0 Å². The minimum atomic E-state index is 0.363. The molecule has 18 heavy (non-hydrogen) atoms. The Labute approximate surface area is 106 Å². The first-order valence-electron chi connectivity index (χ1n) is 6.40. The minimum absolute atomic E-state index is 0.363. The van der Waals surface area contributed by atoms with Gasteiger partial charge in [-0.1, -0.05) is 0 Å². The maximum Gasteiger partial charge on any atom is 0.247 e. The summed E-state index contributed by atoms with van der Waals surface area (Å²) < 4.78 is 7.72. The Morgan fingerprint density at radius 3 is 2.94 bits per heavy atom. The van der Waals surface area contributed by atoms with Crippen molar-refractivity contribution in [2.45, 2.75) is 39.8 Å². The van der Waals surface area contributed by atoms with Crippen LogP contribution in [-0.4, -0.2) is 21.3 Å². The molecule has 3 rings (SSSR count). The number of hydrogen-bond donors (Lipinski definition) is 1. The van der Waals surface area contributed by atoms with Crippen molar-refractivity contribution in [3.8, 4) is 11.6 Å². The van der Waals surface area contributed by atoms with Crippen LogP contribution in [0, 0.1) is 6.92 Å². The van der Waals surface area contributed by atoms with Crippen LogP contribution in [0.2, 0.25) is 0 Å². The summed E-state index contributed by atoms with van der Waals surface area (Å²) >= 11 is 0. The highest BCUT2D eigenvalue weighted by Gasteiger charge is 2.24. The van der Waals surface area contributed by atoms with Crippen LogP contribution >= 0.6 is 0 Å². The first kappa shape index (κ1) is 11.5. The quantitative estimate of drug-likeness (QED) is 0.881. The molecule has 1 N–H and O–H groups in total. The molecule has 2 aromatic rings. The molecule has 0 fully saturated rings. The molecular weight excluding hydrogens is 228 g/mol. The van der Waals surface area contributed by atoms with Gasteiger partial charge in [0.2, 0.25) is 5.89 Å². The predicted octanol–water partition coefficient (Wildman–Crippen LogP) is 2.07. The molecular formula is C13H18N4O. The van der Waals surface area contributed by atoms with Crippen LogP contribution in [-0.2, 0) is 13.0 Å². The lowest BCUT2D eigenvalue weighted by atomic mass is 10.1. The lowest BCUT2D eigenvalue weighted by Gasteiger charge is -2.17. The van der Waals surface area contributed by atoms with E-state index >= 15 is 0 Å². The zero-order valence-electron chi connectivity index (χ0n) is 11.0. The molecule has 0 spiro atoms. The lowest BCUT2D eigenvalue weighted by molar-refractivity contribution is 0.491. The van der Waals surface area contributed by atoms with Crippen LogP contribution in [0.5, 0.6) is 0 Å². The lowest BCUT2D eigenvalue weighted by Crippen LogP contribution is -2.25. The zero-order valence-corrected chi connectivity index (χ0v) is 11.0. The SMILES string of the molecule is Cc1cnc(-c2nn(C(C)C)c3c2CNCC3)o1. The van der Waals surface area contributed by atoms with Gasteiger partial charge in [-0.2, -0.15) is 5.10 Å². The van der Waals surface area contributed by atoms with Gasteiger partial charge in [0.05, 0.1) is 6.20 Å². The number of hydrogen-bond acceptors (Lipinski definition) is 4. The van der Waals surface area contributed by atoms with E-state index in [1.165, 1.54) is 11.3 Å². The van der Waals surface area contributed by atoms with Crippen molar-refractivity contribution in [3.63, 3.8) is 0 Å². The summed E-state index contributed by atoms with van der Waals surface area (Å²) in [6, 6.07) is 0.363. The highest BCUT2D eigenvalue weighted by Crippen LogP contribution is 2.28. The Morgan fingerprint density at radius 1 is 1.44 bits per heavy atom. The fraction of sp³-hybridized carbons (Fsp3) is 0.538. The summed E-state index contributed by atoms with van der Waals surface area (Å²) in [5, 5.41) is 8.08. The Morgan fingerprint density at radius 2 is 2.28 bits per heavy atom. The van der Waals surface area contributed by atoms with Crippen molar-refractivity contribution < 1.29 is 4.42 Å². The van der Waals surface area contributed by atoms with Gasteiger partial charge in [0.1, 0.15) is 5.76 Å². The van der Waals surface area contributed by atoms with Crippen molar-refractivity contribution in [1.82, 2.24) is 20.1 Å². The van der Waals surface area contributed by atoms with Gasteiger partial charge in [0.25, 0.3) is 0 Å². The molecule has 0 bridgehead atoms. The van der Waals surface area contributed by atoms with Crippen LogP contribution in [0.25, 0.3) is 11.6 Å². The molecule has 5 nitrogen and oxygen atoms in total. The number of oxazole rings is 1. The van der Waals surface area contributed by atoms with E-state index in [1.54, 1.807) is 6.20 Å². The standard InChI is InChI=1S/C13H18N4O/c1-8(2)17-11-4-5-14-7-10(11)12(16-17)13-15-6-9(3)18-13/h6,8,14H,4-5,7H2,1-3H3. The van der Waals surface area contributed by atoms with Crippen LogP contribution in [0.3, 0.4) is 0 Å². The topological polar surface area (TPSA) is 55.9 Å². The summed E-state index contributed by atoms with van der Waals surface area (Å²) in [6.45, 7) is 8.06. The number of rotatable bonds is 2. The van der Waals surface area contributed by atoms with E-state index in [4.69, 9.17) is 9.52 Å². The molecule has 0 saturated heterocycles. The van der Waals surface area contributed by atoms with Crippen molar-refractivity contribution in [2.24, 2.45) is 0 Å². The van der Waals surface area contributed by atoms with E-state index in [-0.39, 0.29) is 0 Å². The van der Waals surface area contributed by atoms with Crippen molar-refractivity contribution in [1.29, 1.82) is 0 Å². The summed E-state index contributed by atoms with van der Waals surface area (Å²) in [5.41, 5.74) is 3.44. The molecule has 0 saturated carbocycles. The second-order valence-electron chi connectivity index (χ2n) is 5.02. The highest BCUT2D eigenvalue weighted by atomic mass is 16.4. The van der Waals surface area contributed by atoms with Gasteiger partial charge < -0.3 is 9.73 Å². The predicted molar refractivity (Wildman–Crippen MR) is 68.3 cm³/mol. The molecule has 0 aliphatic carbocycles. The first-order valence-corrected chi connectivity index (χ1v) is 6.40. The second kappa shape index (κ2) is 4.24. The molecule has 0 aromatic carbocycles. The van der Waals surface area contributed by atoms with Crippen LogP contribution < -0.4 is 5.32 Å². The molecule has 0 atom stereocenters. The van der Waals surface area contributed by atoms with Crippen molar-refractivity contribution in [2.75, 3.05) is 6.54 Å². The first-order chi connectivity index (χ1) is 8.66. The Kier molecular flexibility index (Phi) is 2.70. The summed E-state index contributed by atoms with van der Waals surface area (Å²) in [4.78, 5) is 4.30. The van der Waals surface area contributed by atoms with E-state index in [0.29, 0.717) is 11.9 Å². The Hall–Kier alpha value is -1.62. The third kappa shape index (κ3) is 1.75. The van der Waals surface area contributed by atoms with E-state index in [1.807, 2.05) is 6.92 Å². The molecule has 2 aromatic heterocycles.